The predicted molar refractivity (Wildman–Crippen MR) is 42.6 cm³/mol. The molecule has 0 aromatic rings. The molecule has 4 nitrogen and oxygen atoms in total. The van der Waals surface area contributed by atoms with Crippen molar-refractivity contribution in [1.29, 1.82) is 0 Å². The number of carbonyl (C=O) groups is 2. The van der Waals surface area contributed by atoms with Crippen LogP contribution in [0.3, 0.4) is 0 Å². The number of hydrogen-bond donors (Lipinski definition) is 1. The smallest absolute Gasteiger partial charge is 0.394 e. The lowest BCUT2D eigenvalue weighted by molar-refractivity contribution is -0.157. The molecule has 1 rings (SSSR count). The SMILES string of the molecule is CC(C)N(C(=O)C(=O)O)C1CC1. The molecule has 0 saturated heterocycles. The second-order valence-corrected chi connectivity index (χ2v) is 3.34. The van der Waals surface area contributed by atoms with Crippen molar-refractivity contribution in [3.05, 3.63) is 0 Å². The second kappa shape index (κ2) is 3.13. The molecule has 1 saturated carbocycles. The van der Waals surface area contributed by atoms with Gasteiger partial charge in [0, 0.05) is 12.1 Å². The molecule has 0 radical (unpaired) electrons. The van der Waals surface area contributed by atoms with E-state index in [4.69, 9.17) is 5.11 Å². The molecule has 0 bridgehead atoms. The Balaban J connectivity index is 2.64. The molecule has 1 aliphatic rings. The zero-order chi connectivity index (χ0) is 9.30. The Morgan fingerprint density at radius 3 is 2.17 bits per heavy atom. The number of carbonyl (C=O) groups excluding carboxylic acids is 1. The summed E-state index contributed by atoms with van der Waals surface area (Å²) in [5, 5.41) is 8.49. The molecule has 1 amide bonds. The fraction of sp³-hybridized carbons (Fsp3) is 0.750. The quantitative estimate of drug-likeness (QED) is 0.614. The Bertz CT molecular complexity index is 206. The van der Waals surface area contributed by atoms with Crippen LogP contribution in [0.4, 0.5) is 0 Å². The first-order valence-electron chi connectivity index (χ1n) is 4.09. The molecular weight excluding hydrogens is 158 g/mol. The standard InChI is InChI=1S/C8H13NO3/c1-5(2)9(6-3-4-6)7(10)8(11)12/h5-6H,3-4H2,1-2H3,(H,11,12). The van der Waals surface area contributed by atoms with E-state index < -0.39 is 11.9 Å². The maximum atomic E-state index is 11.1. The molecule has 0 aliphatic heterocycles. The molecule has 1 N–H and O–H groups in total. The summed E-state index contributed by atoms with van der Waals surface area (Å²) >= 11 is 0. The zero-order valence-corrected chi connectivity index (χ0v) is 7.28. The number of carboxylic acids is 1. The van der Waals surface area contributed by atoms with Gasteiger partial charge in [0.05, 0.1) is 0 Å². The summed E-state index contributed by atoms with van der Waals surface area (Å²) in [5.74, 6) is -2.12. The van der Waals surface area contributed by atoms with Crippen molar-refractivity contribution in [2.75, 3.05) is 0 Å². The average Bonchev–Trinajstić information content (AvgIpc) is 2.70. The first-order valence-corrected chi connectivity index (χ1v) is 4.09. The Hall–Kier alpha value is -1.06. The molecule has 0 spiro atoms. The normalized spacial score (nSPS) is 16.2. The first-order chi connectivity index (χ1) is 5.54. The highest BCUT2D eigenvalue weighted by Crippen LogP contribution is 2.28. The van der Waals surface area contributed by atoms with Gasteiger partial charge in [0.25, 0.3) is 0 Å². The summed E-state index contributed by atoms with van der Waals surface area (Å²) in [6.07, 6.45) is 1.88. The summed E-state index contributed by atoms with van der Waals surface area (Å²) in [6, 6.07) is 0.162. The third-order valence-corrected chi connectivity index (χ3v) is 1.91. The summed E-state index contributed by atoms with van der Waals surface area (Å²) < 4.78 is 0. The number of hydrogen-bond acceptors (Lipinski definition) is 2. The van der Waals surface area contributed by atoms with E-state index in [2.05, 4.69) is 0 Å². The number of nitrogens with zero attached hydrogens (tertiary/aromatic N) is 1. The van der Waals surface area contributed by atoms with Gasteiger partial charge in [-0.15, -0.1) is 0 Å². The lowest BCUT2D eigenvalue weighted by atomic mass is 10.3. The van der Waals surface area contributed by atoms with Gasteiger partial charge in [-0.25, -0.2) is 4.79 Å². The molecule has 1 fully saturated rings. The van der Waals surface area contributed by atoms with Crippen molar-refractivity contribution >= 4 is 11.9 Å². The van der Waals surface area contributed by atoms with Gasteiger partial charge in [0.15, 0.2) is 0 Å². The first kappa shape index (κ1) is 9.03. The van der Waals surface area contributed by atoms with Gasteiger partial charge in [-0.1, -0.05) is 0 Å². The van der Waals surface area contributed by atoms with Crippen LogP contribution < -0.4 is 0 Å². The minimum atomic E-state index is -1.35. The van der Waals surface area contributed by atoms with E-state index >= 15 is 0 Å². The minimum absolute atomic E-state index is 0.0129. The zero-order valence-electron chi connectivity index (χ0n) is 7.28. The molecule has 0 aromatic heterocycles. The third kappa shape index (κ3) is 1.75. The van der Waals surface area contributed by atoms with Crippen LogP contribution in [0.1, 0.15) is 26.7 Å². The van der Waals surface area contributed by atoms with E-state index in [-0.39, 0.29) is 12.1 Å². The van der Waals surface area contributed by atoms with Gasteiger partial charge < -0.3 is 10.0 Å². The third-order valence-electron chi connectivity index (χ3n) is 1.91. The summed E-state index contributed by atoms with van der Waals surface area (Å²) in [6.45, 7) is 3.66. The van der Waals surface area contributed by atoms with E-state index in [1.54, 1.807) is 0 Å². The largest absolute Gasteiger partial charge is 0.474 e. The molecule has 0 heterocycles. The minimum Gasteiger partial charge on any atom is -0.474 e. The monoisotopic (exact) mass is 171 g/mol. The van der Waals surface area contributed by atoms with E-state index in [0.717, 1.165) is 12.8 Å². The van der Waals surface area contributed by atoms with Gasteiger partial charge in [0.1, 0.15) is 0 Å². The number of carboxylic acid groups (broad SMARTS) is 1. The van der Waals surface area contributed by atoms with E-state index in [9.17, 15) is 9.59 Å². The van der Waals surface area contributed by atoms with Crippen LogP contribution in [0, 0.1) is 0 Å². The highest BCUT2D eigenvalue weighted by Gasteiger charge is 2.36. The molecule has 0 atom stereocenters. The van der Waals surface area contributed by atoms with E-state index in [1.807, 2.05) is 13.8 Å². The Morgan fingerprint density at radius 2 is 1.92 bits per heavy atom. The number of amides is 1. The summed E-state index contributed by atoms with van der Waals surface area (Å²) in [7, 11) is 0. The van der Waals surface area contributed by atoms with E-state index in [1.165, 1.54) is 4.90 Å². The highest BCUT2D eigenvalue weighted by molar-refractivity contribution is 6.31. The van der Waals surface area contributed by atoms with Crippen LogP contribution >= 0.6 is 0 Å². The van der Waals surface area contributed by atoms with Crippen LogP contribution in [-0.4, -0.2) is 34.0 Å². The molecule has 0 unspecified atom stereocenters. The number of rotatable bonds is 2. The summed E-state index contributed by atoms with van der Waals surface area (Å²) in [5.41, 5.74) is 0. The van der Waals surface area contributed by atoms with Gasteiger partial charge in [-0.2, -0.15) is 0 Å². The molecule has 0 aromatic carbocycles. The van der Waals surface area contributed by atoms with Crippen LogP contribution in [0.15, 0.2) is 0 Å². The predicted octanol–water partition coefficient (Wildman–Crippen LogP) is 0.470. The second-order valence-electron chi connectivity index (χ2n) is 3.34. The highest BCUT2D eigenvalue weighted by atomic mass is 16.4. The molecule has 1 aliphatic carbocycles. The van der Waals surface area contributed by atoms with Crippen LogP contribution in [0.25, 0.3) is 0 Å². The van der Waals surface area contributed by atoms with E-state index in [0.29, 0.717) is 0 Å². The lowest BCUT2D eigenvalue weighted by Crippen LogP contribution is -2.42. The maximum Gasteiger partial charge on any atom is 0.394 e. The Labute approximate surface area is 71.2 Å². The van der Waals surface area contributed by atoms with Crippen LogP contribution in [0.5, 0.6) is 0 Å². The lowest BCUT2D eigenvalue weighted by Gasteiger charge is -2.24. The average molecular weight is 171 g/mol. The molecular formula is C8H13NO3. The topological polar surface area (TPSA) is 57.6 Å². The summed E-state index contributed by atoms with van der Waals surface area (Å²) in [4.78, 5) is 22.9. The Kier molecular flexibility index (Phi) is 2.35. The fourth-order valence-corrected chi connectivity index (χ4v) is 1.29. The molecule has 12 heavy (non-hydrogen) atoms. The van der Waals surface area contributed by atoms with Crippen molar-refractivity contribution in [1.82, 2.24) is 4.90 Å². The fourth-order valence-electron chi connectivity index (χ4n) is 1.29. The van der Waals surface area contributed by atoms with Crippen molar-refractivity contribution in [3.8, 4) is 0 Å². The van der Waals surface area contributed by atoms with Crippen LogP contribution in [0.2, 0.25) is 0 Å². The van der Waals surface area contributed by atoms with Gasteiger partial charge >= 0.3 is 11.9 Å². The van der Waals surface area contributed by atoms with Crippen molar-refractivity contribution in [3.63, 3.8) is 0 Å². The number of aliphatic carboxylic acids is 1. The van der Waals surface area contributed by atoms with Gasteiger partial charge in [-0.3, -0.25) is 4.79 Å². The van der Waals surface area contributed by atoms with Gasteiger partial charge in [0.2, 0.25) is 0 Å². The molecule has 68 valence electrons. The van der Waals surface area contributed by atoms with Gasteiger partial charge in [-0.05, 0) is 26.7 Å². The Morgan fingerprint density at radius 1 is 1.42 bits per heavy atom. The van der Waals surface area contributed by atoms with Crippen molar-refractivity contribution in [2.45, 2.75) is 38.8 Å². The maximum absolute atomic E-state index is 11.1. The van der Waals surface area contributed by atoms with Crippen molar-refractivity contribution in [2.24, 2.45) is 0 Å². The van der Waals surface area contributed by atoms with Crippen molar-refractivity contribution < 1.29 is 14.7 Å². The van der Waals surface area contributed by atoms with Crippen LogP contribution in [-0.2, 0) is 9.59 Å². The molecule has 4 heteroatoms.